The Balaban J connectivity index is 1.92. The molecule has 1 fully saturated rings. The highest BCUT2D eigenvalue weighted by Gasteiger charge is 2.30. The van der Waals surface area contributed by atoms with Gasteiger partial charge in [-0.05, 0) is 41.9 Å². The van der Waals surface area contributed by atoms with Gasteiger partial charge in [0.2, 0.25) is 0 Å². The summed E-state index contributed by atoms with van der Waals surface area (Å²) in [7, 11) is 1.03. The van der Waals surface area contributed by atoms with Crippen LogP contribution in [-0.4, -0.2) is 37.1 Å². The SMILES string of the molecule is COc1cc(-c2cncc(C3COB(O)C3)c2)ccc1SC. The van der Waals surface area contributed by atoms with E-state index < -0.39 is 7.12 Å². The zero-order valence-electron chi connectivity index (χ0n) is 12.7. The Bertz CT molecular complexity index is 668. The third kappa shape index (κ3) is 3.14. The van der Waals surface area contributed by atoms with Crippen molar-refractivity contribution in [1.29, 1.82) is 0 Å². The summed E-state index contributed by atoms with van der Waals surface area (Å²) in [5.41, 5.74) is 3.22. The summed E-state index contributed by atoms with van der Waals surface area (Å²) in [5, 5.41) is 9.51. The van der Waals surface area contributed by atoms with E-state index in [1.165, 1.54) is 0 Å². The molecule has 2 heterocycles. The van der Waals surface area contributed by atoms with Gasteiger partial charge in [0.05, 0.1) is 7.11 Å². The molecule has 1 atom stereocenters. The summed E-state index contributed by atoms with van der Waals surface area (Å²) in [4.78, 5) is 5.46. The van der Waals surface area contributed by atoms with Gasteiger partial charge in [-0.3, -0.25) is 4.98 Å². The molecule has 4 nitrogen and oxygen atoms in total. The first-order valence-corrected chi connectivity index (χ1v) is 8.40. The Morgan fingerprint density at radius 2 is 2.18 bits per heavy atom. The van der Waals surface area contributed by atoms with Crippen LogP contribution in [-0.2, 0) is 4.65 Å². The van der Waals surface area contributed by atoms with Crippen molar-refractivity contribution in [2.75, 3.05) is 20.0 Å². The highest BCUT2D eigenvalue weighted by molar-refractivity contribution is 7.98. The molecule has 114 valence electrons. The van der Waals surface area contributed by atoms with Crippen LogP contribution in [0.4, 0.5) is 0 Å². The molecule has 0 radical (unpaired) electrons. The van der Waals surface area contributed by atoms with Crippen molar-refractivity contribution >= 4 is 18.9 Å². The quantitative estimate of drug-likeness (QED) is 0.694. The van der Waals surface area contributed by atoms with Gasteiger partial charge < -0.3 is 14.4 Å². The number of nitrogens with zero attached hydrogens (tertiary/aromatic N) is 1. The van der Waals surface area contributed by atoms with E-state index in [0.29, 0.717) is 12.9 Å². The molecule has 1 aliphatic heterocycles. The van der Waals surface area contributed by atoms with Crippen LogP contribution in [0.1, 0.15) is 11.5 Å². The second-order valence-corrected chi connectivity index (χ2v) is 6.15. The lowest BCUT2D eigenvalue weighted by Crippen LogP contribution is -2.07. The van der Waals surface area contributed by atoms with Crippen LogP contribution in [0.5, 0.6) is 5.75 Å². The molecule has 1 unspecified atom stereocenters. The van der Waals surface area contributed by atoms with E-state index in [9.17, 15) is 5.02 Å². The average Bonchev–Trinajstić information content (AvgIpc) is 3.01. The van der Waals surface area contributed by atoms with Crippen LogP contribution in [0.15, 0.2) is 41.6 Å². The number of rotatable bonds is 4. The van der Waals surface area contributed by atoms with Gasteiger partial charge in [-0.25, -0.2) is 0 Å². The summed E-state index contributed by atoms with van der Waals surface area (Å²) < 4.78 is 10.7. The van der Waals surface area contributed by atoms with E-state index >= 15 is 0 Å². The highest BCUT2D eigenvalue weighted by atomic mass is 32.2. The summed E-state index contributed by atoms with van der Waals surface area (Å²) >= 11 is 1.66. The fraction of sp³-hybridized carbons (Fsp3) is 0.312. The Labute approximate surface area is 135 Å². The molecule has 0 amide bonds. The van der Waals surface area contributed by atoms with Gasteiger partial charge in [-0.2, -0.15) is 0 Å². The topological polar surface area (TPSA) is 51.6 Å². The van der Waals surface area contributed by atoms with E-state index in [-0.39, 0.29) is 5.92 Å². The third-order valence-corrected chi connectivity index (χ3v) is 4.70. The average molecular weight is 315 g/mol. The van der Waals surface area contributed by atoms with Crippen molar-refractivity contribution in [3.63, 3.8) is 0 Å². The Hall–Kier alpha value is -1.50. The van der Waals surface area contributed by atoms with Crippen LogP contribution >= 0.6 is 11.8 Å². The second kappa shape index (κ2) is 6.73. The Kier molecular flexibility index (Phi) is 4.71. The van der Waals surface area contributed by atoms with Crippen LogP contribution in [0.2, 0.25) is 6.32 Å². The van der Waals surface area contributed by atoms with Crippen molar-refractivity contribution in [2.24, 2.45) is 0 Å². The molecule has 3 rings (SSSR count). The van der Waals surface area contributed by atoms with Gasteiger partial charge >= 0.3 is 7.12 Å². The molecule has 0 spiro atoms. The number of hydrogen-bond donors (Lipinski definition) is 1. The molecule has 0 bridgehead atoms. The zero-order chi connectivity index (χ0) is 15.5. The molecule has 0 saturated carbocycles. The minimum atomic E-state index is -0.658. The van der Waals surface area contributed by atoms with E-state index in [2.05, 4.69) is 23.2 Å². The van der Waals surface area contributed by atoms with Crippen LogP contribution in [0, 0.1) is 0 Å². The van der Waals surface area contributed by atoms with Crippen molar-refractivity contribution in [1.82, 2.24) is 4.98 Å². The maximum Gasteiger partial charge on any atom is 0.454 e. The van der Waals surface area contributed by atoms with Crippen molar-refractivity contribution < 1.29 is 14.4 Å². The summed E-state index contributed by atoms with van der Waals surface area (Å²) in [6.07, 6.45) is 6.36. The molecule has 1 aromatic carbocycles. The maximum absolute atomic E-state index is 9.51. The smallest absolute Gasteiger partial charge is 0.454 e. The number of ether oxygens (including phenoxy) is 1. The lowest BCUT2D eigenvalue weighted by Gasteiger charge is -2.12. The van der Waals surface area contributed by atoms with Gasteiger partial charge in [-0.1, -0.05) is 6.07 Å². The number of hydrogen-bond acceptors (Lipinski definition) is 5. The van der Waals surface area contributed by atoms with E-state index in [1.54, 1.807) is 18.9 Å². The number of thioether (sulfide) groups is 1. The molecule has 1 aromatic heterocycles. The molecular weight excluding hydrogens is 297 g/mol. The van der Waals surface area contributed by atoms with Gasteiger partial charge in [-0.15, -0.1) is 11.8 Å². The van der Waals surface area contributed by atoms with E-state index in [1.807, 2.05) is 24.7 Å². The normalized spacial score (nSPS) is 17.8. The molecule has 6 heteroatoms. The minimum absolute atomic E-state index is 0.204. The Morgan fingerprint density at radius 1 is 1.32 bits per heavy atom. The lowest BCUT2D eigenvalue weighted by molar-refractivity contribution is 0.292. The van der Waals surface area contributed by atoms with Gasteiger partial charge in [0.15, 0.2) is 0 Å². The van der Waals surface area contributed by atoms with Gasteiger partial charge in [0.25, 0.3) is 0 Å². The minimum Gasteiger partial charge on any atom is -0.496 e. The third-order valence-electron chi connectivity index (χ3n) is 3.92. The van der Waals surface area contributed by atoms with Crippen LogP contribution in [0.3, 0.4) is 0 Å². The monoisotopic (exact) mass is 315 g/mol. The molecule has 1 aliphatic rings. The predicted octanol–water partition coefficient (Wildman–Crippen LogP) is 3.07. The highest BCUT2D eigenvalue weighted by Crippen LogP contribution is 2.34. The summed E-state index contributed by atoms with van der Waals surface area (Å²) in [6.45, 7) is 0.543. The molecule has 2 aromatic rings. The summed E-state index contributed by atoms with van der Waals surface area (Å²) in [5.74, 6) is 1.07. The first-order valence-electron chi connectivity index (χ1n) is 7.18. The predicted molar refractivity (Wildman–Crippen MR) is 89.5 cm³/mol. The molecule has 22 heavy (non-hydrogen) atoms. The zero-order valence-corrected chi connectivity index (χ0v) is 13.5. The van der Waals surface area contributed by atoms with Gasteiger partial charge in [0.1, 0.15) is 5.75 Å². The largest absolute Gasteiger partial charge is 0.496 e. The number of benzene rings is 1. The van der Waals surface area contributed by atoms with Crippen LogP contribution in [0.25, 0.3) is 11.1 Å². The molecule has 0 aliphatic carbocycles. The first-order chi connectivity index (χ1) is 10.7. The summed E-state index contributed by atoms with van der Waals surface area (Å²) in [6, 6.07) is 8.29. The fourth-order valence-electron chi connectivity index (χ4n) is 2.69. The van der Waals surface area contributed by atoms with Crippen molar-refractivity contribution in [3.05, 3.63) is 42.2 Å². The number of pyridine rings is 1. The fourth-order valence-corrected chi connectivity index (χ4v) is 3.24. The van der Waals surface area contributed by atoms with E-state index in [0.717, 1.165) is 27.3 Å². The standard InChI is InChI=1S/C16H18BNO3S/c1-20-15-6-11(3-4-16(15)22-2)12-5-13(9-18-8-12)14-7-17(19)21-10-14/h3-6,8-9,14,19H,7,10H2,1-2H3. The number of aromatic nitrogens is 1. The van der Waals surface area contributed by atoms with Gasteiger partial charge in [0, 0.05) is 35.4 Å². The first kappa shape index (κ1) is 15.4. The lowest BCUT2D eigenvalue weighted by atomic mass is 9.80. The number of methoxy groups -OCH3 is 1. The molecule has 1 saturated heterocycles. The second-order valence-electron chi connectivity index (χ2n) is 5.30. The molecular formula is C16H18BNO3S. The van der Waals surface area contributed by atoms with Crippen molar-refractivity contribution in [2.45, 2.75) is 17.1 Å². The van der Waals surface area contributed by atoms with Crippen molar-refractivity contribution in [3.8, 4) is 16.9 Å². The molecule has 1 N–H and O–H groups in total. The van der Waals surface area contributed by atoms with Crippen LogP contribution < -0.4 is 4.74 Å². The van der Waals surface area contributed by atoms with E-state index in [4.69, 9.17) is 9.39 Å². The maximum atomic E-state index is 9.51. The Morgan fingerprint density at radius 3 is 2.86 bits per heavy atom.